The molecule has 0 aliphatic rings. The van der Waals surface area contributed by atoms with Crippen molar-refractivity contribution in [2.75, 3.05) is 0 Å². The van der Waals surface area contributed by atoms with Crippen LogP contribution in [0.5, 0.6) is 0 Å². The van der Waals surface area contributed by atoms with E-state index in [4.69, 9.17) is 0 Å². The second-order valence-corrected chi connectivity index (χ2v) is 4.58. The van der Waals surface area contributed by atoms with Gasteiger partial charge in [-0.15, -0.1) is 0 Å². The molecule has 0 fully saturated rings. The molecule has 104 valence electrons. The number of carbonyl (C=O) groups excluding carboxylic acids is 1. The van der Waals surface area contributed by atoms with Crippen molar-refractivity contribution < 1.29 is 9.22 Å². The molecule has 0 saturated heterocycles. The van der Waals surface area contributed by atoms with Crippen molar-refractivity contribution in [3.05, 3.63) is 75.9 Å². The van der Waals surface area contributed by atoms with Gasteiger partial charge >= 0.3 is 5.69 Å². The minimum atomic E-state index is -0.522. The summed E-state index contributed by atoms with van der Waals surface area (Å²) in [6.07, 6.45) is 2.90. The van der Waals surface area contributed by atoms with E-state index in [1.807, 2.05) is 0 Å². The molecule has 2 aromatic heterocycles. The summed E-state index contributed by atoms with van der Waals surface area (Å²) in [6, 6.07) is 9.52. The Balaban J connectivity index is 2.34. The van der Waals surface area contributed by atoms with E-state index in [2.05, 4.69) is 4.98 Å². The predicted octanol–water partition coefficient (Wildman–Crippen LogP) is 1.84. The van der Waals surface area contributed by atoms with Crippen molar-refractivity contribution in [3.63, 3.8) is 0 Å². The Labute approximate surface area is 119 Å². The predicted molar refractivity (Wildman–Crippen MR) is 76.5 cm³/mol. The molecule has 0 bridgehead atoms. The lowest BCUT2D eigenvalue weighted by atomic mass is 10.1. The Bertz CT molecular complexity index is 901. The fourth-order valence-corrected chi connectivity index (χ4v) is 2.24. The Hall–Kier alpha value is -3.02. The zero-order valence-corrected chi connectivity index (χ0v) is 11.2. The topological polar surface area (TPSA) is 80.9 Å². The summed E-state index contributed by atoms with van der Waals surface area (Å²) in [5.41, 5.74) is 0.535. The summed E-state index contributed by atoms with van der Waals surface area (Å²) in [5.74, 6) is -0.522. The average molecular weight is 281 g/mol. The van der Waals surface area contributed by atoms with E-state index >= 15 is 0 Å². The van der Waals surface area contributed by atoms with Crippen molar-refractivity contribution >= 4 is 16.8 Å². The summed E-state index contributed by atoms with van der Waals surface area (Å²) < 4.78 is 1.11. The highest BCUT2D eigenvalue weighted by Gasteiger charge is 2.27. The van der Waals surface area contributed by atoms with E-state index < -0.39 is 5.78 Å². The number of rotatable bonds is 2. The highest BCUT2D eigenvalue weighted by Crippen LogP contribution is 2.15. The molecule has 21 heavy (non-hydrogen) atoms. The quantitative estimate of drug-likeness (QED) is 0.530. The van der Waals surface area contributed by atoms with Gasteiger partial charge in [-0.2, -0.15) is 0 Å². The van der Waals surface area contributed by atoms with Crippen LogP contribution in [0.3, 0.4) is 0 Å². The number of aromatic nitrogens is 3. The number of carbonyl (C=O) groups is 1. The molecule has 0 aliphatic carbocycles. The molecule has 0 unspecified atom stereocenters. The van der Waals surface area contributed by atoms with Gasteiger partial charge in [0.15, 0.2) is 0 Å². The Morgan fingerprint density at radius 1 is 1.24 bits per heavy atom. The summed E-state index contributed by atoms with van der Waals surface area (Å²) in [7, 11) is 0. The van der Waals surface area contributed by atoms with E-state index in [0.29, 0.717) is 9.16 Å². The number of benzene rings is 1. The number of fused-ring (bicyclic) bond motifs is 1. The molecule has 0 radical (unpaired) electrons. The molecule has 3 rings (SSSR count). The number of hydrogen-bond donors (Lipinski definition) is 0. The molecule has 0 spiro atoms. The smallest absolute Gasteiger partial charge is 0.329 e. The first-order chi connectivity index (χ1) is 10.1. The molecular formula is C15H11N3O3. The van der Waals surface area contributed by atoms with Crippen LogP contribution in [0.2, 0.25) is 0 Å². The number of hydrogen-bond acceptors (Lipinski definition) is 4. The molecule has 0 atom stereocenters. The van der Waals surface area contributed by atoms with E-state index in [0.717, 1.165) is 0 Å². The second-order valence-electron chi connectivity index (χ2n) is 4.58. The van der Waals surface area contributed by atoms with Gasteiger partial charge in [0.2, 0.25) is 0 Å². The van der Waals surface area contributed by atoms with Crippen molar-refractivity contribution in [2.24, 2.45) is 0 Å². The normalized spacial score (nSPS) is 10.7. The van der Waals surface area contributed by atoms with Crippen LogP contribution >= 0.6 is 0 Å². The fraction of sp³-hybridized carbons (Fsp3) is 0.0667. The Morgan fingerprint density at radius 2 is 2.00 bits per heavy atom. The highest BCUT2D eigenvalue weighted by molar-refractivity contribution is 6.07. The fourth-order valence-electron chi connectivity index (χ4n) is 2.24. The zero-order chi connectivity index (χ0) is 15.0. The second kappa shape index (κ2) is 4.82. The molecule has 0 N–H and O–H groups in total. The van der Waals surface area contributed by atoms with Crippen LogP contribution in [0.4, 0.5) is 0 Å². The van der Waals surface area contributed by atoms with Crippen LogP contribution < -0.4 is 4.43 Å². The molecule has 6 heteroatoms. The largest absolute Gasteiger partial charge is 0.805 e. The lowest BCUT2D eigenvalue weighted by Gasteiger charge is -2.15. The van der Waals surface area contributed by atoms with Gasteiger partial charge < -0.3 is 9.94 Å². The van der Waals surface area contributed by atoms with Crippen LogP contribution in [-0.2, 0) is 0 Å². The molecule has 1 aromatic carbocycles. The van der Waals surface area contributed by atoms with Crippen molar-refractivity contribution in [3.8, 4) is 0 Å². The van der Waals surface area contributed by atoms with Crippen LogP contribution in [0.1, 0.15) is 21.7 Å². The van der Waals surface area contributed by atoms with Gasteiger partial charge in [0.25, 0.3) is 11.3 Å². The lowest BCUT2D eigenvalue weighted by molar-refractivity contribution is -0.468. The van der Waals surface area contributed by atoms with E-state index in [-0.39, 0.29) is 28.0 Å². The average Bonchev–Trinajstić information content (AvgIpc) is 2.53. The van der Waals surface area contributed by atoms with Crippen molar-refractivity contribution in [1.29, 1.82) is 0 Å². The van der Waals surface area contributed by atoms with Crippen LogP contribution in [0, 0.1) is 17.0 Å². The maximum absolute atomic E-state index is 12.5. The van der Waals surface area contributed by atoms with Gasteiger partial charge in [-0.05, 0) is 25.1 Å². The molecular weight excluding hydrogens is 270 g/mol. The summed E-state index contributed by atoms with van der Waals surface area (Å²) in [4.78, 5) is 28.8. The minimum Gasteiger partial charge on any atom is -0.805 e. The van der Waals surface area contributed by atoms with Gasteiger partial charge in [0.05, 0.1) is 10.1 Å². The molecule has 2 heterocycles. The van der Waals surface area contributed by atoms with Crippen molar-refractivity contribution in [2.45, 2.75) is 6.92 Å². The standard InChI is InChI=1S/C15H11N3O3/c1-10-14(15(19)11-5-4-8-16-9-11)18(21)13-7-3-2-6-12(13)17(10)20/h2-9H,1H3. The summed E-state index contributed by atoms with van der Waals surface area (Å²) >= 11 is 0. The third-order valence-electron chi connectivity index (χ3n) is 3.31. The first-order valence-electron chi connectivity index (χ1n) is 6.30. The molecule has 0 aliphatic heterocycles. The van der Waals surface area contributed by atoms with Crippen LogP contribution in [0.25, 0.3) is 11.0 Å². The zero-order valence-electron chi connectivity index (χ0n) is 11.2. The lowest BCUT2D eigenvalue weighted by Crippen LogP contribution is -2.30. The van der Waals surface area contributed by atoms with Gasteiger partial charge in [0, 0.05) is 28.9 Å². The Morgan fingerprint density at radius 3 is 2.71 bits per heavy atom. The summed E-state index contributed by atoms with van der Waals surface area (Å²) in [5, 5.41) is 12.2. The third kappa shape index (κ3) is 1.97. The minimum absolute atomic E-state index is 0.0672. The third-order valence-corrected chi connectivity index (χ3v) is 3.31. The molecule has 3 aromatic rings. The number of ketones is 1. The van der Waals surface area contributed by atoms with Gasteiger partial charge in [-0.1, -0.05) is 12.1 Å². The summed E-state index contributed by atoms with van der Waals surface area (Å²) in [6.45, 7) is 1.46. The monoisotopic (exact) mass is 281 g/mol. The molecule has 0 saturated carbocycles. The first kappa shape index (κ1) is 13.0. The Kier molecular flexibility index (Phi) is 2.98. The van der Waals surface area contributed by atoms with E-state index in [1.54, 1.807) is 30.3 Å². The van der Waals surface area contributed by atoms with Crippen LogP contribution in [-0.4, -0.2) is 15.5 Å². The van der Waals surface area contributed by atoms with E-state index in [1.165, 1.54) is 25.4 Å². The number of para-hydroxylation sites is 2. The SMILES string of the molecule is Cc1c(C(=O)c2cccnc2)[n+](=O)c2ccccc2n1[O-]. The molecule has 0 amide bonds. The van der Waals surface area contributed by atoms with Crippen LogP contribution in [0.15, 0.2) is 48.8 Å². The van der Waals surface area contributed by atoms with Gasteiger partial charge in [-0.25, -0.2) is 0 Å². The first-order valence-corrected chi connectivity index (χ1v) is 6.30. The maximum Gasteiger partial charge on any atom is 0.329 e. The number of pyridine rings is 1. The number of nitrogens with zero attached hydrogens (tertiary/aromatic N) is 3. The van der Waals surface area contributed by atoms with Gasteiger partial charge in [-0.3, -0.25) is 9.78 Å². The molecule has 6 nitrogen and oxygen atoms in total. The van der Waals surface area contributed by atoms with E-state index in [9.17, 15) is 14.9 Å². The van der Waals surface area contributed by atoms with Crippen molar-refractivity contribution in [1.82, 2.24) is 9.71 Å². The van der Waals surface area contributed by atoms with Gasteiger partial charge in [0.1, 0.15) is 5.52 Å². The highest BCUT2D eigenvalue weighted by atomic mass is 16.5. The maximum atomic E-state index is 12.5.